The molecule has 0 aliphatic carbocycles. The van der Waals surface area contributed by atoms with E-state index in [9.17, 15) is 9.90 Å². The van der Waals surface area contributed by atoms with Crippen molar-refractivity contribution in [1.29, 1.82) is 0 Å². The lowest BCUT2D eigenvalue weighted by Crippen LogP contribution is -2.32. The van der Waals surface area contributed by atoms with Gasteiger partial charge in [0.1, 0.15) is 5.60 Å². The number of nitrogens with one attached hydrogen (secondary N) is 1. The van der Waals surface area contributed by atoms with Crippen LogP contribution in [0.25, 0.3) is 0 Å². The Labute approximate surface area is 137 Å². The zero-order chi connectivity index (χ0) is 17.0. The summed E-state index contributed by atoms with van der Waals surface area (Å²) in [7, 11) is 0. The molecule has 2 atom stereocenters. The molecule has 132 valence electrons. The van der Waals surface area contributed by atoms with Crippen LogP contribution in [0, 0.1) is 5.92 Å². The van der Waals surface area contributed by atoms with E-state index in [0.717, 1.165) is 19.3 Å². The van der Waals surface area contributed by atoms with Gasteiger partial charge >= 0.3 is 6.09 Å². The van der Waals surface area contributed by atoms with Crippen molar-refractivity contribution in [2.24, 2.45) is 5.92 Å². The van der Waals surface area contributed by atoms with Crippen LogP contribution in [-0.2, 0) is 4.74 Å². The van der Waals surface area contributed by atoms with E-state index in [4.69, 9.17) is 4.74 Å². The van der Waals surface area contributed by atoms with Crippen molar-refractivity contribution in [2.45, 2.75) is 97.7 Å². The number of hydrogen-bond acceptors (Lipinski definition) is 3. The fourth-order valence-electron chi connectivity index (χ4n) is 2.22. The normalized spacial score (nSPS) is 14.5. The molecule has 0 aliphatic heterocycles. The van der Waals surface area contributed by atoms with Crippen molar-refractivity contribution in [3.63, 3.8) is 0 Å². The van der Waals surface area contributed by atoms with Crippen LogP contribution in [0.3, 0.4) is 0 Å². The van der Waals surface area contributed by atoms with Gasteiger partial charge in [-0.15, -0.1) is 0 Å². The van der Waals surface area contributed by atoms with Crippen molar-refractivity contribution < 1.29 is 14.6 Å². The highest BCUT2D eigenvalue weighted by molar-refractivity contribution is 5.67. The number of aliphatic hydroxyl groups is 1. The molecule has 0 radical (unpaired) electrons. The molecule has 1 amide bonds. The highest BCUT2D eigenvalue weighted by Gasteiger charge is 2.15. The first kappa shape index (κ1) is 21.2. The third kappa shape index (κ3) is 14.2. The molecule has 0 bridgehead atoms. The van der Waals surface area contributed by atoms with Gasteiger partial charge in [-0.2, -0.15) is 0 Å². The number of rotatable bonds is 11. The maximum absolute atomic E-state index is 11.4. The van der Waals surface area contributed by atoms with Crippen LogP contribution in [0.2, 0.25) is 0 Å². The predicted octanol–water partition coefficient (Wildman–Crippen LogP) is 4.65. The molecule has 0 saturated heterocycles. The lowest BCUT2D eigenvalue weighted by molar-refractivity contribution is 0.0527. The van der Waals surface area contributed by atoms with Gasteiger partial charge in [-0.1, -0.05) is 45.4 Å². The zero-order valence-corrected chi connectivity index (χ0v) is 15.3. The molecule has 0 rings (SSSR count). The topological polar surface area (TPSA) is 58.6 Å². The summed E-state index contributed by atoms with van der Waals surface area (Å²) in [6.45, 7) is 10.3. The number of alkyl carbamates (subject to hydrolysis) is 1. The number of carbonyl (C=O) groups excluding carboxylic acids is 1. The standard InChI is InChI=1S/C18H37NO3/c1-15(16(2)20)13-11-9-7-6-8-10-12-14-19-17(21)22-18(3,4)5/h15-16,20H,6-14H2,1-5H3,(H,19,21). The van der Waals surface area contributed by atoms with E-state index in [1.165, 1.54) is 32.1 Å². The Hall–Kier alpha value is -0.770. The van der Waals surface area contributed by atoms with Crippen molar-refractivity contribution in [3.8, 4) is 0 Å². The lowest BCUT2D eigenvalue weighted by atomic mass is 9.98. The van der Waals surface area contributed by atoms with E-state index in [0.29, 0.717) is 12.5 Å². The molecule has 0 aromatic carbocycles. The Balaban J connectivity index is 3.29. The minimum Gasteiger partial charge on any atom is -0.444 e. The first-order valence-electron chi connectivity index (χ1n) is 8.87. The average molecular weight is 315 g/mol. The van der Waals surface area contributed by atoms with E-state index >= 15 is 0 Å². The molecule has 22 heavy (non-hydrogen) atoms. The quantitative estimate of drug-likeness (QED) is 0.546. The Morgan fingerprint density at radius 2 is 1.50 bits per heavy atom. The van der Waals surface area contributed by atoms with Gasteiger partial charge in [0.25, 0.3) is 0 Å². The van der Waals surface area contributed by atoms with Gasteiger partial charge in [0.05, 0.1) is 6.10 Å². The van der Waals surface area contributed by atoms with Crippen LogP contribution in [-0.4, -0.2) is 29.4 Å². The summed E-state index contributed by atoms with van der Waals surface area (Å²) < 4.78 is 5.18. The summed E-state index contributed by atoms with van der Waals surface area (Å²) >= 11 is 0. The van der Waals surface area contributed by atoms with Gasteiger partial charge in [-0.25, -0.2) is 4.79 Å². The molecular formula is C18H37NO3. The Bertz CT molecular complexity index is 285. The van der Waals surface area contributed by atoms with E-state index in [1.807, 2.05) is 27.7 Å². The first-order chi connectivity index (χ1) is 10.2. The Kier molecular flexibility index (Phi) is 11.3. The van der Waals surface area contributed by atoms with Crippen molar-refractivity contribution in [1.82, 2.24) is 5.32 Å². The molecule has 0 aromatic rings. The van der Waals surface area contributed by atoms with Crippen molar-refractivity contribution in [2.75, 3.05) is 6.54 Å². The molecule has 0 fully saturated rings. The highest BCUT2D eigenvalue weighted by Crippen LogP contribution is 2.15. The molecule has 0 spiro atoms. The third-order valence-electron chi connectivity index (χ3n) is 3.83. The van der Waals surface area contributed by atoms with Crippen LogP contribution in [0.1, 0.15) is 86.0 Å². The average Bonchev–Trinajstić information content (AvgIpc) is 2.38. The fourth-order valence-corrected chi connectivity index (χ4v) is 2.22. The van der Waals surface area contributed by atoms with Crippen molar-refractivity contribution >= 4 is 6.09 Å². The van der Waals surface area contributed by atoms with Gasteiger partial charge in [0, 0.05) is 6.54 Å². The first-order valence-corrected chi connectivity index (χ1v) is 8.87. The maximum Gasteiger partial charge on any atom is 0.407 e. The van der Waals surface area contributed by atoms with Crippen LogP contribution in [0.5, 0.6) is 0 Å². The lowest BCUT2D eigenvalue weighted by Gasteiger charge is -2.19. The third-order valence-corrected chi connectivity index (χ3v) is 3.83. The molecule has 4 heteroatoms. The number of unbranched alkanes of at least 4 members (excludes halogenated alkanes) is 6. The van der Waals surface area contributed by atoms with Gasteiger partial charge in [-0.3, -0.25) is 0 Å². The van der Waals surface area contributed by atoms with Gasteiger partial charge < -0.3 is 15.2 Å². The maximum atomic E-state index is 11.4. The summed E-state index contributed by atoms with van der Waals surface area (Å²) in [5.74, 6) is 0.416. The summed E-state index contributed by atoms with van der Waals surface area (Å²) in [6.07, 6.45) is 9.01. The van der Waals surface area contributed by atoms with Gasteiger partial charge in [0.15, 0.2) is 0 Å². The second kappa shape index (κ2) is 11.8. The molecular weight excluding hydrogens is 278 g/mol. The van der Waals surface area contributed by atoms with E-state index in [2.05, 4.69) is 12.2 Å². The largest absolute Gasteiger partial charge is 0.444 e. The molecule has 0 saturated carbocycles. The fraction of sp³-hybridized carbons (Fsp3) is 0.944. The number of amides is 1. The number of carbonyl (C=O) groups is 1. The molecule has 4 nitrogen and oxygen atoms in total. The number of aliphatic hydroxyl groups excluding tert-OH is 1. The smallest absolute Gasteiger partial charge is 0.407 e. The zero-order valence-electron chi connectivity index (χ0n) is 15.3. The number of ether oxygens (including phenoxy) is 1. The summed E-state index contributed by atoms with van der Waals surface area (Å²) in [5.41, 5.74) is -0.421. The van der Waals surface area contributed by atoms with Crippen LogP contribution in [0.4, 0.5) is 4.79 Å². The predicted molar refractivity (Wildman–Crippen MR) is 92.0 cm³/mol. The minimum atomic E-state index is -0.421. The highest BCUT2D eigenvalue weighted by atomic mass is 16.6. The summed E-state index contributed by atoms with van der Waals surface area (Å²) in [5, 5.41) is 12.2. The van der Waals surface area contributed by atoms with Crippen LogP contribution in [0.15, 0.2) is 0 Å². The second-order valence-corrected chi connectivity index (χ2v) is 7.41. The monoisotopic (exact) mass is 315 g/mol. The second-order valence-electron chi connectivity index (χ2n) is 7.41. The molecule has 0 aromatic heterocycles. The van der Waals surface area contributed by atoms with Crippen LogP contribution < -0.4 is 5.32 Å². The Morgan fingerprint density at radius 1 is 1.00 bits per heavy atom. The number of hydrogen-bond donors (Lipinski definition) is 2. The summed E-state index contributed by atoms with van der Waals surface area (Å²) in [4.78, 5) is 11.4. The van der Waals surface area contributed by atoms with Gasteiger partial charge in [-0.05, 0) is 46.5 Å². The van der Waals surface area contributed by atoms with Gasteiger partial charge in [0.2, 0.25) is 0 Å². The van der Waals surface area contributed by atoms with E-state index < -0.39 is 5.60 Å². The minimum absolute atomic E-state index is 0.183. The van der Waals surface area contributed by atoms with Crippen molar-refractivity contribution in [3.05, 3.63) is 0 Å². The van der Waals surface area contributed by atoms with E-state index in [1.54, 1.807) is 0 Å². The molecule has 2 N–H and O–H groups in total. The SMILES string of the molecule is CC(O)C(C)CCCCCCCCCNC(=O)OC(C)(C)C. The van der Waals surface area contributed by atoms with E-state index in [-0.39, 0.29) is 12.2 Å². The molecule has 2 unspecified atom stereocenters. The summed E-state index contributed by atoms with van der Waals surface area (Å²) in [6, 6.07) is 0. The molecule has 0 aliphatic rings. The molecule has 0 heterocycles. The van der Waals surface area contributed by atoms with Crippen LogP contribution >= 0.6 is 0 Å². The Morgan fingerprint density at radius 3 is 2.00 bits per heavy atom.